The summed E-state index contributed by atoms with van der Waals surface area (Å²) in [5.74, 6) is 0.518. The van der Waals surface area contributed by atoms with E-state index in [2.05, 4.69) is 0 Å². The molecule has 1 atom stereocenters. The minimum atomic E-state index is -0.322. The lowest BCUT2D eigenvalue weighted by molar-refractivity contribution is 0.408. The van der Waals surface area contributed by atoms with Crippen molar-refractivity contribution in [3.63, 3.8) is 0 Å². The summed E-state index contributed by atoms with van der Waals surface area (Å²) >= 11 is 0. The largest absolute Gasteiger partial charge is 0.496 e. The van der Waals surface area contributed by atoms with Crippen LogP contribution in [0.15, 0.2) is 36.4 Å². The normalized spacial score (nSPS) is 12.3. The number of rotatable bonds is 3. The van der Waals surface area contributed by atoms with E-state index in [1.807, 2.05) is 38.1 Å². The summed E-state index contributed by atoms with van der Waals surface area (Å²) in [6, 6.07) is 10.3. The Kier molecular flexibility index (Phi) is 3.86. The Morgan fingerprint density at radius 1 is 1.11 bits per heavy atom. The SMILES string of the molecule is COc1ccccc1C(N)c1c(C)cc(F)cc1C. The fraction of sp³-hybridized carbons (Fsp3) is 0.250. The van der Waals surface area contributed by atoms with Gasteiger partial charge in [0.1, 0.15) is 11.6 Å². The highest BCUT2D eigenvalue weighted by Gasteiger charge is 2.18. The average Bonchev–Trinajstić information content (AvgIpc) is 2.37. The van der Waals surface area contributed by atoms with Crippen LogP contribution in [-0.4, -0.2) is 7.11 Å². The van der Waals surface area contributed by atoms with E-state index in [0.717, 1.165) is 28.0 Å². The van der Waals surface area contributed by atoms with Gasteiger partial charge in [-0.05, 0) is 48.7 Å². The van der Waals surface area contributed by atoms with Crippen molar-refractivity contribution in [2.45, 2.75) is 19.9 Å². The number of methoxy groups -OCH3 is 1. The molecule has 3 heteroatoms. The van der Waals surface area contributed by atoms with Gasteiger partial charge in [0.2, 0.25) is 0 Å². The fourth-order valence-electron chi connectivity index (χ4n) is 2.49. The third-order valence-corrected chi connectivity index (χ3v) is 3.34. The summed E-state index contributed by atoms with van der Waals surface area (Å²) in [4.78, 5) is 0. The lowest BCUT2D eigenvalue weighted by Gasteiger charge is -2.20. The molecule has 0 heterocycles. The maximum atomic E-state index is 13.4. The molecule has 2 aromatic rings. The van der Waals surface area contributed by atoms with Crippen LogP contribution in [0, 0.1) is 19.7 Å². The van der Waals surface area contributed by atoms with Gasteiger partial charge in [-0.1, -0.05) is 18.2 Å². The molecule has 2 N–H and O–H groups in total. The fourth-order valence-corrected chi connectivity index (χ4v) is 2.49. The van der Waals surface area contributed by atoms with Crippen molar-refractivity contribution in [1.29, 1.82) is 0 Å². The smallest absolute Gasteiger partial charge is 0.123 e. The predicted octanol–water partition coefficient (Wildman–Crippen LogP) is 3.50. The lowest BCUT2D eigenvalue weighted by Crippen LogP contribution is -2.16. The summed E-state index contributed by atoms with van der Waals surface area (Å²) in [7, 11) is 1.62. The highest BCUT2D eigenvalue weighted by atomic mass is 19.1. The quantitative estimate of drug-likeness (QED) is 0.915. The minimum Gasteiger partial charge on any atom is -0.496 e. The highest BCUT2D eigenvalue weighted by molar-refractivity contribution is 5.46. The van der Waals surface area contributed by atoms with Crippen LogP contribution in [0.3, 0.4) is 0 Å². The molecule has 2 nitrogen and oxygen atoms in total. The van der Waals surface area contributed by atoms with Crippen LogP contribution in [0.5, 0.6) is 5.75 Å². The van der Waals surface area contributed by atoms with Crippen LogP contribution >= 0.6 is 0 Å². The second kappa shape index (κ2) is 5.41. The van der Waals surface area contributed by atoms with E-state index in [0.29, 0.717) is 0 Å². The summed E-state index contributed by atoms with van der Waals surface area (Å²) in [6.45, 7) is 3.75. The van der Waals surface area contributed by atoms with Crippen molar-refractivity contribution in [2.75, 3.05) is 7.11 Å². The third kappa shape index (κ3) is 2.61. The Balaban J connectivity index is 2.53. The van der Waals surface area contributed by atoms with Crippen molar-refractivity contribution in [2.24, 2.45) is 5.73 Å². The second-order valence-electron chi connectivity index (χ2n) is 4.67. The minimum absolute atomic E-state index is 0.231. The molecule has 0 amide bonds. The first-order valence-electron chi connectivity index (χ1n) is 6.19. The van der Waals surface area contributed by atoms with Crippen LogP contribution in [0.25, 0.3) is 0 Å². The van der Waals surface area contributed by atoms with Gasteiger partial charge in [-0.2, -0.15) is 0 Å². The van der Waals surface area contributed by atoms with Crippen molar-refractivity contribution in [3.05, 3.63) is 64.5 Å². The number of aryl methyl sites for hydroxylation is 2. The zero-order valence-corrected chi connectivity index (χ0v) is 11.4. The molecule has 0 aliphatic rings. The van der Waals surface area contributed by atoms with Gasteiger partial charge in [0.25, 0.3) is 0 Å². The van der Waals surface area contributed by atoms with E-state index in [9.17, 15) is 4.39 Å². The first-order chi connectivity index (χ1) is 9.04. The first kappa shape index (κ1) is 13.6. The van der Waals surface area contributed by atoms with Crippen LogP contribution in [0.2, 0.25) is 0 Å². The number of halogens is 1. The Morgan fingerprint density at radius 2 is 1.68 bits per heavy atom. The van der Waals surface area contributed by atoms with Gasteiger partial charge in [0.15, 0.2) is 0 Å². The number of ether oxygens (including phenoxy) is 1. The molecule has 2 rings (SSSR count). The molecule has 0 saturated carbocycles. The van der Waals surface area contributed by atoms with E-state index in [4.69, 9.17) is 10.5 Å². The first-order valence-corrected chi connectivity index (χ1v) is 6.19. The predicted molar refractivity (Wildman–Crippen MR) is 74.9 cm³/mol. The Morgan fingerprint density at radius 3 is 2.26 bits per heavy atom. The molecule has 0 aliphatic heterocycles. The molecule has 100 valence electrons. The van der Waals surface area contributed by atoms with Crippen LogP contribution in [0.1, 0.15) is 28.3 Å². The Labute approximate surface area is 113 Å². The van der Waals surface area contributed by atoms with E-state index >= 15 is 0 Å². The maximum Gasteiger partial charge on any atom is 0.123 e. The summed E-state index contributed by atoms with van der Waals surface area (Å²) < 4.78 is 18.7. The van der Waals surface area contributed by atoms with Gasteiger partial charge in [0.05, 0.1) is 13.2 Å². The van der Waals surface area contributed by atoms with Gasteiger partial charge < -0.3 is 10.5 Å². The summed E-state index contributed by atoms with van der Waals surface area (Å²) in [5, 5.41) is 0. The molecular weight excluding hydrogens is 241 g/mol. The Hall–Kier alpha value is -1.87. The highest BCUT2D eigenvalue weighted by Crippen LogP contribution is 2.31. The molecule has 2 aromatic carbocycles. The maximum absolute atomic E-state index is 13.4. The van der Waals surface area contributed by atoms with E-state index < -0.39 is 0 Å². The average molecular weight is 259 g/mol. The molecule has 0 fully saturated rings. The van der Waals surface area contributed by atoms with Gasteiger partial charge in [0, 0.05) is 5.56 Å². The molecule has 0 bridgehead atoms. The molecule has 0 aromatic heterocycles. The van der Waals surface area contributed by atoms with Crippen LogP contribution in [-0.2, 0) is 0 Å². The molecule has 0 saturated heterocycles. The Bertz CT molecular complexity index is 572. The van der Waals surface area contributed by atoms with Gasteiger partial charge in [-0.25, -0.2) is 4.39 Å². The molecule has 0 aliphatic carbocycles. The summed E-state index contributed by atoms with van der Waals surface area (Å²) in [6.07, 6.45) is 0. The number of hydrogen-bond acceptors (Lipinski definition) is 2. The number of benzene rings is 2. The van der Waals surface area contributed by atoms with Crippen molar-refractivity contribution >= 4 is 0 Å². The van der Waals surface area contributed by atoms with E-state index in [1.54, 1.807) is 7.11 Å². The third-order valence-electron chi connectivity index (χ3n) is 3.34. The van der Waals surface area contributed by atoms with Crippen LogP contribution in [0.4, 0.5) is 4.39 Å². The molecule has 19 heavy (non-hydrogen) atoms. The zero-order chi connectivity index (χ0) is 14.0. The molecule has 1 unspecified atom stereocenters. The van der Waals surface area contributed by atoms with Crippen molar-refractivity contribution < 1.29 is 9.13 Å². The summed E-state index contributed by atoms with van der Waals surface area (Å²) in [5.41, 5.74) is 9.91. The monoisotopic (exact) mass is 259 g/mol. The van der Waals surface area contributed by atoms with Gasteiger partial charge in [-0.3, -0.25) is 0 Å². The van der Waals surface area contributed by atoms with Crippen molar-refractivity contribution in [3.8, 4) is 5.75 Å². The van der Waals surface area contributed by atoms with Crippen molar-refractivity contribution in [1.82, 2.24) is 0 Å². The number of para-hydroxylation sites is 1. The molecular formula is C16H18FNO. The molecule has 0 radical (unpaired) electrons. The lowest BCUT2D eigenvalue weighted by atomic mass is 9.91. The van der Waals surface area contributed by atoms with Gasteiger partial charge >= 0.3 is 0 Å². The second-order valence-corrected chi connectivity index (χ2v) is 4.67. The number of hydrogen-bond donors (Lipinski definition) is 1. The van der Waals surface area contributed by atoms with Gasteiger partial charge in [-0.15, -0.1) is 0 Å². The van der Waals surface area contributed by atoms with E-state index in [1.165, 1.54) is 12.1 Å². The zero-order valence-electron chi connectivity index (χ0n) is 11.4. The van der Waals surface area contributed by atoms with E-state index in [-0.39, 0.29) is 11.9 Å². The van der Waals surface area contributed by atoms with Crippen LogP contribution < -0.4 is 10.5 Å². The molecule has 0 spiro atoms. The standard InChI is InChI=1S/C16H18FNO/c1-10-8-12(17)9-11(2)15(10)16(18)13-6-4-5-7-14(13)19-3/h4-9,16H,18H2,1-3H3. The topological polar surface area (TPSA) is 35.2 Å². The number of nitrogens with two attached hydrogens (primary N) is 1.